The molecular weight excluding hydrogens is 703 g/mol. The van der Waals surface area contributed by atoms with E-state index in [1.165, 1.54) is 81.8 Å². The molecule has 9 heteroatoms. The van der Waals surface area contributed by atoms with E-state index < -0.39 is 19.0 Å². The highest BCUT2D eigenvalue weighted by molar-refractivity contribution is 7.09. The molecule has 0 atom stereocenters. The second-order valence-electron chi connectivity index (χ2n) is 14.5. The number of H-pyrrole nitrogens is 1. The van der Waals surface area contributed by atoms with E-state index in [0.717, 1.165) is 41.4 Å². The highest BCUT2D eigenvalue weighted by atomic mass is 32.1. The van der Waals surface area contributed by atoms with E-state index in [-0.39, 0.29) is 44.2 Å². The fourth-order valence-electron chi connectivity index (χ4n) is 7.99. The van der Waals surface area contributed by atoms with E-state index in [9.17, 15) is 19.2 Å². The molecule has 0 saturated carbocycles. The van der Waals surface area contributed by atoms with Crippen LogP contribution in [0.25, 0.3) is 66.4 Å². The molecule has 1 N–H and O–H groups in total. The van der Waals surface area contributed by atoms with Crippen molar-refractivity contribution < 1.29 is 8.83 Å². The number of benzene rings is 2. The van der Waals surface area contributed by atoms with Crippen molar-refractivity contribution in [3.63, 3.8) is 0 Å². The molecule has 0 saturated heterocycles. The maximum absolute atomic E-state index is 13.5. The number of furan rings is 2. The molecule has 7 rings (SSSR count). The van der Waals surface area contributed by atoms with Gasteiger partial charge in [-0.1, -0.05) is 101 Å². The normalized spacial score (nSPS) is 12.0. The lowest BCUT2D eigenvalue weighted by Gasteiger charge is -2.12. The van der Waals surface area contributed by atoms with Gasteiger partial charge in [0.2, 0.25) is 19.0 Å². The number of hydrogen-bond acceptors (Lipinski definition) is 8. The van der Waals surface area contributed by atoms with Crippen LogP contribution >= 0.6 is 22.7 Å². The average molecular weight is 750 g/mol. The maximum Gasteiger partial charge on any atom is 0.244 e. The van der Waals surface area contributed by atoms with Gasteiger partial charge in [0.1, 0.15) is 17.3 Å². The standard InChI is InChI=1S/C44H47NO6S2/c1-5-7-9-11-13-15-17-27-23-29-26(4)45-40(30(29)24-28(27)18-16-14-12-10-8-6-2)33-22-21-32(51-33)35-38-36(41(46)52-43(38)48)34(31-20-19-25(3)50-31)37-39(35)44(49)53-42(37)47/h19-24,45H,5-18H2,1-4H3. The molecule has 0 fully saturated rings. The highest BCUT2D eigenvalue weighted by Gasteiger charge is 2.30. The summed E-state index contributed by atoms with van der Waals surface area (Å²) in [4.78, 5) is 57.5. The highest BCUT2D eigenvalue weighted by Crippen LogP contribution is 2.43. The summed E-state index contributed by atoms with van der Waals surface area (Å²) < 4.78 is 10.5. The predicted molar refractivity (Wildman–Crippen MR) is 221 cm³/mol. The number of unbranched alkanes of at least 4 members (excludes halogenated alkanes) is 10. The van der Waals surface area contributed by atoms with Crippen LogP contribution in [-0.4, -0.2) is 4.98 Å². The number of rotatable bonds is 17. The molecule has 2 aromatic carbocycles. The summed E-state index contributed by atoms with van der Waals surface area (Å²) in [5, 5.41) is 2.56. The molecule has 0 amide bonds. The number of nitrogens with one attached hydrogen (secondary N) is 1. The van der Waals surface area contributed by atoms with E-state index in [1.54, 1.807) is 25.1 Å². The van der Waals surface area contributed by atoms with Gasteiger partial charge in [0.25, 0.3) is 0 Å². The summed E-state index contributed by atoms with van der Waals surface area (Å²) in [5.74, 6) is 1.66. The summed E-state index contributed by atoms with van der Waals surface area (Å²) in [6, 6.07) is 11.7. The largest absolute Gasteiger partial charge is 0.461 e. The van der Waals surface area contributed by atoms with Crippen LogP contribution in [0, 0.1) is 13.8 Å². The second kappa shape index (κ2) is 15.9. The first-order chi connectivity index (χ1) is 25.7. The second-order valence-corrected chi connectivity index (χ2v) is 16.4. The average Bonchev–Trinajstić information content (AvgIpc) is 3.96. The Balaban J connectivity index is 1.32. The van der Waals surface area contributed by atoms with E-state index >= 15 is 0 Å². The Hall–Kier alpha value is -4.34. The van der Waals surface area contributed by atoms with Gasteiger partial charge >= 0.3 is 0 Å². The number of thiophene rings is 2. The molecule has 0 aliphatic heterocycles. The Labute approximate surface area is 316 Å². The van der Waals surface area contributed by atoms with Crippen LogP contribution in [0.5, 0.6) is 0 Å². The lowest BCUT2D eigenvalue weighted by atomic mass is 9.93. The van der Waals surface area contributed by atoms with Crippen molar-refractivity contribution in [2.45, 2.75) is 118 Å². The van der Waals surface area contributed by atoms with Gasteiger partial charge in [-0.15, -0.1) is 0 Å². The summed E-state index contributed by atoms with van der Waals surface area (Å²) in [6.07, 6.45) is 17.1. The summed E-state index contributed by atoms with van der Waals surface area (Å²) in [5.41, 5.74) is 5.06. The lowest BCUT2D eigenvalue weighted by Crippen LogP contribution is -2.01. The Morgan fingerprint density at radius 3 is 1.45 bits per heavy atom. The molecule has 0 spiro atoms. The van der Waals surface area contributed by atoms with E-state index in [0.29, 0.717) is 34.2 Å². The van der Waals surface area contributed by atoms with Crippen LogP contribution in [-0.2, 0) is 12.8 Å². The number of fused-ring (bicyclic) bond motifs is 3. The molecule has 7 aromatic rings. The third kappa shape index (κ3) is 7.18. The van der Waals surface area contributed by atoms with Gasteiger partial charge in [0.05, 0.1) is 27.2 Å². The predicted octanol–water partition coefficient (Wildman–Crippen LogP) is 11.5. The van der Waals surface area contributed by atoms with Crippen molar-refractivity contribution in [1.82, 2.24) is 4.98 Å². The zero-order chi connectivity index (χ0) is 37.2. The minimum absolute atomic E-state index is 0.0837. The van der Waals surface area contributed by atoms with Gasteiger partial charge in [-0.2, -0.15) is 0 Å². The number of hydrogen-bond donors (Lipinski definition) is 1. The van der Waals surface area contributed by atoms with Crippen molar-refractivity contribution in [2.24, 2.45) is 0 Å². The molecule has 53 heavy (non-hydrogen) atoms. The van der Waals surface area contributed by atoms with Crippen LogP contribution in [0.2, 0.25) is 0 Å². The lowest BCUT2D eigenvalue weighted by molar-refractivity contribution is 0.549. The zero-order valence-corrected chi connectivity index (χ0v) is 32.8. The van der Waals surface area contributed by atoms with Crippen LogP contribution in [0.15, 0.2) is 64.4 Å². The van der Waals surface area contributed by atoms with E-state index in [1.807, 2.05) is 6.07 Å². The van der Waals surface area contributed by atoms with E-state index in [4.69, 9.17) is 8.83 Å². The first kappa shape index (κ1) is 37.0. The van der Waals surface area contributed by atoms with Crippen LogP contribution in [0.3, 0.4) is 0 Å². The van der Waals surface area contributed by atoms with Gasteiger partial charge in [-0.3, -0.25) is 19.2 Å². The molecular formula is C44H47NO6S2. The zero-order valence-electron chi connectivity index (χ0n) is 31.1. The van der Waals surface area contributed by atoms with Gasteiger partial charge < -0.3 is 13.8 Å². The quantitative estimate of drug-likeness (QED) is 0.0928. The summed E-state index contributed by atoms with van der Waals surface area (Å²) in [6.45, 7) is 8.34. The van der Waals surface area contributed by atoms with Gasteiger partial charge in [0.15, 0.2) is 5.76 Å². The van der Waals surface area contributed by atoms with Gasteiger partial charge in [-0.25, -0.2) is 0 Å². The third-order valence-corrected chi connectivity index (χ3v) is 12.3. The Morgan fingerprint density at radius 1 is 0.528 bits per heavy atom. The third-order valence-electron chi connectivity index (χ3n) is 10.7. The first-order valence-electron chi connectivity index (χ1n) is 19.3. The monoisotopic (exact) mass is 749 g/mol. The Morgan fingerprint density at radius 2 is 0.962 bits per heavy atom. The molecule has 5 aromatic heterocycles. The molecule has 0 aliphatic carbocycles. The molecule has 0 unspecified atom stereocenters. The van der Waals surface area contributed by atoms with Crippen LogP contribution in [0.4, 0.5) is 0 Å². The topological polar surface area (TPSA) is 110 Å². The number of aromatic nitrogens is 1. The molecule has 0 aliphatic rings. The van der Waals surface area contributed by atoms with Crippen molar-refractivity contribution >= 4 is 55.0 Å². The minimum Gasteiger partial charge on any atom is -0.461 e. The van der Waals surface area contributed by atoms with Gasteiger partial charge in [0, 0.05) is 27.6 Å². The van der Waals surface area contributed by atoms with Crippen molar-refractivity contribution in [2.75, 3.05) is 0 Å². The van der Waals surface area contributed by atoms with E-state index in [2.05, 4.69) is 37.9 Å². The van der Waals surface area contributed by atoms with Crippen LogP contribution < -0.4 is 19.0 Å². The minimum atomic E-state index is -0.485. The molecule has 7 nitrogen and oxygen atoms in total. The van der Waals surface area contributed by atoms with Crippen molar-refractivity contribution in [3.8, 4) is 34.1 Å². The maximum atomic E-state index is 13.5. The SMILES string of the molecule is CCCCCCCCc1cc2c(C)[nH]c(-c3ccc(-c4c5c(=O)sc(=O)c5c(-c5ccc(C)o5)c5c(=O)sc(=O)c45)o3)c2cc1CCCCCCCC. The molecule has 0 radical (unpaired) electrons. The molecule has 0 bridgehead atoms. The Bertz CT molecular complexity index is 2540. The summed E-state index contributed by atoms with van der Waals surface area (Å²) >= 11 is 1.13. The smallest absolute Gasteiger partial charge is 0.244 e. The van der Waals surface area contributed by atoms with Crippen molar-refractivity contribution in [1.29, 1.82) is 0 Å². The molecule has 5 heterocycles. The summed E-state index contributed by atoms with van der Waals surface area (Å²) in [7, 11) is 0. The number of aromatic amines is 1. The Kier molecular flexibility index (Phi) is 11.1. The van der Waals surface area contributed by atoms with Gasteiger partial charge in [-0.05, 0) is 87.1 Å². The fraction of sp³-hybridized carbons (Fsp3) is 0.409. The van der Waals surface area contributed by atoms with Crippen LogP contribution in [0.1, 0.15) is 113 Å². The van der Waals surface area contributed by atoms with Crippen molar-refractivity contribution in [3.05, 3.63) is 97.1 Å². The fourth-order valence-corrected chi connectivity index (χ4v) is 9.55. The first-order valence-corrected chi connectivity index (χ1v) is 20.9. The number of aryl methyl sites for hydroxylation is 4. The molecule has 276 valence electrons.